The van der Waals surface area contributed by atoms with Gasteiger partial charge in [-0.2, -0.15) is 0 Å². The first-order valence-electron chi connectivity index (χ1n) is 16.9. The fraction of sp³-hybridized carbons (Fsp3) is 0. The Hall–Kier alpha value is -6.78. The molecule has 0 saturated carbocycles. The zero-order valence-electron chi connectivity index (χ0n) is 26.9. The maximum absolute atomic E-state index is 6.71. The summed E-state index contributed by atoms with van der Waals surface area (Å²) in [7, 11) is 0. The first-order valence-corrected chi connectivity index (χ1v) is 16.9. The third-order valence-electron chi connectivity index (χ3n) is 10.2. The molecule has 4 heteroatoms. The topological polar surface area (TPSA) is 34.5 Å². The van der Waals surface area contributed by atoms with E-state index in [0.29, 0.717) is 0 Å². The van der Waals surface area contributed by atoms with Crippen LogP contribution >= 0.6 is 0 Å². The molecular weight excluding hydrogens is 613 g/mol. The highest BCUT2D eigenvalue weighted by Crippen LogP contribution is 2.47. The Kier molecular flexibility index (Phi) is 5.63. The van der Waals surface area contributed by atoms with E-state index >= 15 is 0 Å². The van der Waals surface area contributed by atoms with Crippen LogP contribution in [0.5, 0.6) is 0 Å². The Balaban J connectivity index is 1.25. The third-order valence-corrected chi connectivity index (χ3v) is 10.2. The zero-order chi connectivity index (χ0) is 32.8. The average molecular weight is 641 g/mol. The molecule has 0 N–H and O–H groups in total. The summed E-state index contributed by atoms with van der Waals surface area (Å²) >= 11 is 0. The molecule has 3 aromatic heterocycles. The second-order valence-electron chi connectivity index (χ2n) is 12.9. The molecule has 50 heavy (non-hydrogen) atoms. The number of furan rings is 2. The van der Waals surface area contributed by atoms with E-state index < -0.39 is 0 Å². The quantitative estimate of drug-likeness (QED) is 0.192. The first kappa shape index (κ1) is 27.2. The van der Waals surface area contributed by atoms with Gasteiger partial charge in [-0.05, 0) is 66.0 Å². The van der Waals surface area contributed by atoms with Gasteiger partial charge in [-0.25, -0.2) is 0 Å². The molecule has 4 nitrogen and oxygen atoms in total. The van der Waals surface area contributed by atoms with Crippen molar-refractivity contribution < 1.29 is 8.83 Å². The molecule has 0 saturated heterocycles. The molecule has 0 unspecified atom stereocenters. The number of anilines is 3. The lowest BCUT2D eigenvalue weighted by Crippen LogP contribution is -2.13. The van der Waals surface area contributed by atoms with Gasteiger partial charge in [-0.1, -0.05) is 103 Å². The first-order chi connectivity index (χ1) is 24.8. The fourth-order valence-corrected chi connectivity index (χ4v) is 8.01. The number of hydrogen-bond donors (Lipinski definition) is 0. The maximum Gasteiger partial charge on any atom is 0.143 e. The molecule has 11 rings (SSSR count). The molecule has 0 atom stereocenters. The van der Waals surface area contributed by atoms with Gasteiger partial charge >= 0.3 is 0 Å². The van der Waals surface area contributed by atoms with Crippen LogP contribution in [0.3, 0.4) is 0 Å². The minimum atomic E-state index is 0.845. The van der Waals surface area contributed by atoms with Crippen LogP contribution in [0.4, 0.5) is 17.1 Å². The monoisotopic (exact) mass is 640 g/mol. The smallest absolute Gasteiger partial charge is 0.143 e. The number of hydrogen-bond acceptors (Lipinski definition) is 3. The molecule has 0 spiro atoms. The molecule has 0 bridgehead atoms. The van der Waals surface area contributed by atoms with Gasteiger partial charge in [0, 0.05) is 44.1 Å². The van der Waals surface area contributed by atoms with Crippen molar-refractivity contribution in [2.45, 2.75) is 0 Å². The normalized spacial score (nSPS) is 12.0. The molecule has 0 aliphatic carbocycles. The largest absolute Gasteiger partial charge is 0.456 e. The number of aromatic nitrogens is 1. The standard InChI is InChI=1S/C46H28N2O2/c1-2-13-31-29(12-1)24-26-36-45-41(21-11-23-43(45)50-46(31)36)47(30-25-27-35-34-16-5-10-22-42(34)49-44(35)28-30)39-19-8-9-20-40(39)48-37-17-6-3-14-32(37)33-15-4-7-18-38(33)48/h1-28H. The van der Waals surface area contributed by atoms with Crippen molar-refractivity contribution in [1.82, 2.24) is 4.57 Å². The lowest BCUT2D eigenvalue weighted by Gasteiger charge is -2.29. The molecule has 0 aliphatic rings. The van der Waals surface area contributed by atoms with E-state index in [1.165, 1.54) is 10.8 Å². The van der Waals surface area contributed by atoms with Crippen LogP contribution in [0.2, 0.25) is 0 Å². The van der Waals surface area contributed by atoms with E-state index in [1.54, 1.807) is 0 Å². The molecule has 234 valence electrons. The van der Waals surface area contributed by atoms with E-state index in [-0.39, 0.29) is 0 Å². The summed E-state index contributed by atoms with van der Waals surface area (Å²) in [5.74, 6) is 0. The van der Waals surface area contributed by atoms with Crippen molar-refractivity contribution in [3.05, 3.63) is 170 Å². The summed E-state index contributed by atoms with van der Waals surface area (Å²) in [6.45, 7) is 0. The van der Waals surface area contributed by atoms with E-state index in [2.05, 4.69) is 167 Å². The highest BCUT2D eigenvalue weighted by molar-refractivity contribution is 6.20. The van der Waals surface area contributed by atoms with Crippen LogP contribution < -0.4 is 4.90 Å². The van der Waals surface area contributed by atoms with Crippen LogP contribution in [0.25, 0.3) is 82.1 Å². The second kappa shape index (κ2) is 10.4. The predicted molar refractivity (Wildman–Crippen MR) is 208 cm³/mol. The Morgan fingerprint density at radius 3 is 1.86 bits per heavy atom. The van der Waals surface area contributed by atoms with Crippen LogP contribution in [-0.4, -0.2) is 4.57 Å². The van der Waals surface area contributed by atoms with Gasteiger partial charge in [0.05, 0.1) is 33.5 Å². The van der Waals surface area contributed by atoms with E-state index in [4.69, 9.17) is 8.83 Å². The summed E-state index contributed by atoms with van der Waals surface area (Å²) in [6, 6.07) is 60.1. The fourth-order valence-electron chi connectivity index (χ4n) is 8.01. The second-order valence-corrected chi connectivity index (χ2v) is 12.9. The van der Waals surface area contributed by atoms with Crippen molar-refractivity contribution >= 4 is 93.5 Å². The molecule has 0 aliphatic heterocycles. The molecule has 0 fully saturated rings. The number of nitrogens with zero attached hydrogens (tertiary/aromatic N) is 2. The lowest BCUT2D eigenvalue weighted by atomic mass is 10.0. The summed E-state index contributed by atoms with van der Waals surface area (Å²) in [5.41, 5.74) is 9.92. The van der Waals surface area contributed by atoms with Gasteiger partial charge in [0.1, 0.15) is 22.3 Å². The van der Waals surface area contributed by atoms with Crippen molar-refractivity contribution in [2.24, 2.45) is 0 Å². The molecule has 8 aromatic carbocycles. The van der Waals surface area contributed by atoms with Gasteiger partial charge in [-0.15, -0.1) is 0 Å². The molecule has 11 aromatic rings. The highest BCUT2D eigenvalue weighted by atomic mass is 16.3. The Labute approximate surface area is 286 Å². The third kappa shape index (κ3) is 3.81. The van der Waals surface area contributed by atoms with Crippen LogP contribution in [-0.2, 0) is 0 Å². The zero-order valence-corrected chi connectivity index (χ0v) is 26.9. The summed E-state index contributed by atoms with van der Waals surface area (Å²) in [4.78, 5) is 2.37. The van der Waals surface area contributed by atoms with Crippen molar-refractivity contribution in [3.63, 3.8) is 0 Å². The molecule has 0 amide bonds. The van der Waals surface area contributed by atoms with Crippen LogP contribution in [0.1, 0.15) is 0 Å². The summed E-state index contributed by atoms with van der Waals surface area (Å²) in [6.07, 6.45) is 0. The van der Waals surface area contributed by atoms with Gasteiger partial charge in [-0.3, -0.25) is 0 Å². The van der Waals surface area contributed by atoms with E-state index in [1.807, 2.05) is 12.1 Å². The van der Waals surface area contributed by atoms with Gasteiger partial charge in [0.15, 0.2) is 0 Å². The number of rotatable bonds is 4. The minimum Gasteiger partial charge on any atom is -0.456 e. The maximum atomic E-state index is 6.71. The minimum absolute atomic E-state index is 0.845. The van der Waals surface area contributed by atoms with E-state index in [9.17, 15) is 0 Å². The summed E-state index contributed by atoms with van der Waals surface area (Å²) < 4.78 is 15.6. The Morgan fingerprint density at radius 2 is 1.02 bits per heavy atom. The van der Waals surface area contributed by atoms with Gasteiger partial charge in [0.2, 0.25) is 0 Å². The lowest BCUT2D eigenvalue weighted by molar-refractivity contribution is 0.669. The summed E-state index contributed by atoms with van der Waals surface area (Å²) in [5, 5.41) is 9.07. The molecule has 0 radical (unpaired) electrons. The Morgan fingerprint density at radius 1 is 0.400 bits per heavy atom. The van der Waals surface area contributed by atoms with Crippen LogP contribution in [0.15, 0.2) is 179 Å². The predicted octanol–water partition coefficient (Wildman–Crippen LogP) is 13.2. The van der Waals surface area contributed by atoms with E-state index in [0.717, 1.165) is 88.4 Å². The Bertz CT molecular complexity index is 3070. The van der Waals surface area contributed by atoms with Crippen molar-refractivity contribution in [1.29, 1.82) is 0 Å². The number of para-hydroxylation sites is 5. The number of benzene rings is 8. The van der Waals surface area contributed by atoms with Crippen LogP contribution in [0, 0.1) is 0 Å². The van der Waals surface area contributed by atoms with Gasteiger partial charge in [0.25, 0.3) is 0 Å². The highest BCUT2D eigenvalue weighted by Gasteiger charge is 2.24. The van der Waals surface area contributed by atoms with Crippen molar-refractivity contribution in [2.75, 3.05) is 4.90 Å². The molecular formula is C46H28N2O2. The molecule has 3 heterocycles. The van der Waals surface area contributed by atoms with Gasteiger partial charge < -0.3 is 18.3 Å². The SMILES string of the molecule is c1ccc(-n2c3ccccc3c3ccccc32)c(N(c2ccc3c(c2)oc2ccccc23)c2cccc3oc4c5ccccc5ccc4c23)c1. The van der Waals surface area contributed by atoms with Crippen molar-refractivity contribution in [3.8, 4) is 5.69 Å². The average Bonchev–Trinajstić information content (AvgIpc) is 3.85. The number of fused-ring (bicyclic) bond motifs is 11.